The van der Waals surface area contributed by atoms with Crippen LogP contribution < -0.4 is 5.32 Å². The Bertz CT molecular complexity index is 544. The molecule has 0 bridgehead atoms. The molecule has 1 saturated carbocycles. The van der Waals surface area contributed by atoms with Crippen molar-refractivity contribution in [2.45, 2.75) is 57.0 Å². The zero-order chi connectivity index (χ0) is 15.3. The summed E-state index contributed by atoms with van der Waals surface area (Å²) in [6.45, 7) is 10.3. The lowest BCUT2D eigenvalue weighted by Gasteiger charge is -2.50. The van der Waals surface area contributed by atoms with Crippen LogP contribution in [-0.2, 0) is 10.2 Å². The van der Waals surface area contributed by atoms with Gasteiger partial charge in [0.1, 0.15) is 0 Å². The van der Waals surface area contributed by atoms with Gasteiger partial charge in [-0.05, 0) is 46.1 Å². The molecule has 0 atom stereocenters. The molecule has 0 spiro atoms. The van der Waals surface area contributed by atoms with Crippen LogP contribution in [0.5, 0.6) is 0 Å². The molecule has 3 rings (SSSR count). The third kappa shape index (κ3) is 2.48. The van der Waals surface area contributed by atoms with E-state index < -0.39 is 0 Å². The summed E-state index contributed by atoms with van der Waals surface area (Å²) in [5.74, 6) is 0.313. The zero-order valence-electron chi connectivity index (χ0n) is 13.6. The van der Waals surface area contributed by atoms with E-state index in [1.165, 1.54) is 5.56 Å². The first kappa shape index (κ1) is 14.6. The van der Waals surface area contributed by atoms with Crippen LogP contribution in [0.4, 0.5) is 0 Å². The van der Waals surface area contributed by atoms with Crippen LogP contribution in [0.2, 0.25) is 0 Å². The van der Waals surface area contributed by atoms with Crippen molar-refractivity contribution in [3.8, 4) is 0 Å². The van der Waals surface area contributed by atoms with Gasteiger partial charge in [-0.25, -0.2) is 0 Å². The highest BCUT2D eigenvalue weighted by molar-refractivity contribution is 5.92. The van der Waals surface area contributed by atoms with Crippen LogP contribution in [0.15, 0.2) is 30.3 Å². The minimum absolute atomic E-state index is 0.0159. The van der Waals surface area contributed by atoms with E-state index in [4.69, 9.17) is 0 Å². The fourth-order valence-corrected chi connectivity index (χ4v) is 3.33. The molecule has 1 heterocycles. The predicted octanol–water partition coefficient (Wildman–Crippen LogP) is 2.71. The fraction of sp³-hybridized carbons (Fsp3) is 0.611. The molecule has 1 amide bonds. The second kappa shape index (κ2) is 4.57. The third-order valence-corrected chi connectivity index (χ3v) is 5.01. The Morgan fingerprint density at radius 2 is 1.71 bits per heavy atom. The SMILES string of the molecule is CC1(C)CN(C(=O)C2(c3ccccc3)CC2)C(C)(C)CN1. The monoisotopic (exact) mass is 286 g/mol. The Kier molecular flexibility index (Phi) is 3.17. The standard InChI is InChI=1S/C18H26N2O/c1-16(2)13-20(17(3,4)12-19-16)15(21)18(10-11-18)14-8-6-5-7-9-14/h5-9,19H,10-13H2,1-4H3. The maximum absolute atomic E-state index is 13.3. The highest BCUT2D eigenvalue weighted by Gasteiger charge is 2.56. The molecule has 3 heteroatoms. The number of rotatable bonds is 2. The van der Waals surface area contributed by atoms with E-state index in [0.29, 0.717) is 5.91 Å². The Balaban J connectivity index is 1.91. The van der Waals surface area contributed by atoms with E-state index >= 15 is 0 Å². The number of amides is 1. The summed E-state index contributed by atoms with van der Waals surface area (Å²) in [4.78, 5) is 15.4. The highest BCUT2D eigenvalue weighted by Crippen LogP contribution is 2.50. The molecule has 0 aromatic heterocycles. The van der Waals surface area contributed by atoms with Gasteiger partial charge in [0, 0.05) is 24.2 Å². The number of hydrogen-bond acceptors (Lipinski definition) is 2. The summed E-state index contributed by atoms with van der Waals surface area (Å²) < 4.78 is 0. The smallest absolute Gasteiger partial charge is 0.233 e. The minimum Gasteiger partial charge on any atom is -0.334 e. The Morgan fingerprint density at radius 1 is 1.10 bits per heavy atom. The van der Waals surface area contributed by atoms with E-state index in [-0.39, 0.29) is 16.5 Å². The summed E-state index contributed by atoms with van der Waals surface area (Å²) in [5, 5.41) is 3.55. The van der Waals surface area contributed by atoms with Crippen LogP contribution in [0.3, 0.4) is 0 Å². The van der Waals surface area contributed by atoms with Crippen molar-refractivity contribution in [1.29, 1.82) is 0 Å². The van der Waals surface area contributed by atoms with Crippen LogP contribution in [-0.4, -0.2) is 35.0 Å². The van der Waals surface area contributed by atoms with Crippen LogP contribution in [0.1, 0.15) is 46.1 Å². The van der Waals surface area contributed by atoms with Crippen LogP contribution in [0.25, 0.3) is 0 Å². The Labute approximate surface area is 127 Å². The largest absolute Gasteiger partial charge is 0.334 e. The normalized spacial score (nSPS) is 25.4. The van der Waals surface area contributed by atoms with Crippen molar-refractivity contribution in [3.63, 3.8) is 0 Å². The molecule has 21 heavy (non-hydrogen) atoms. The molecule has 3 nitrogen and oxygen atoms in total. The predicted molar refractivity (Wildman–Crippen MR) is 85.2 cm³/mol. The summed E-state index contributed by atoms with van der Waals surface area (Å²) in [7, 11) is 0. The third-order valence-electron chi connectivity index (χ3n) is 5.01. The minimum atomic E-state index is -0.258. The van der Waals surface area contributed by atoms with Crippen LogP contribution >= 0.6 is 0 Å². The molecule has 1 saturated heterocycles. The molecule has 1 aliphatic carbocycles. The van der Waals surface area contributed by atoms with Crippen molar-refractivity contribution >= 4 is 5.91 Å². The van der Waals surface area contributed by atoms with Gasteiger partial charge >= 0.3 is 0 Å². The number of carbonyl (C=O) groups excluding carboxylic acids is 1. The lowest BCUT2D eigenvalue weighted by Crippen LogP contribution is -2.68. The maximum atomic E-state index is 13.3. The summed E-state index contributed by atoms with van der Waals surface area (Å²) in [6, 6.07) is 10.3. The molecule has 1 aromatic carbocycles. The van der Waals surface area contributed by atoms with Gasteiger partial charge in [0.05, 0.1) is 5.41 Å². The maximum Gasteiger partial charge on any atom is 0.233 e. The van der Waals surface area contributed by atoms with Gasteiger partial charge < -0.3 is 10.2 Å². The van der Waals surface area contributed by atoms with Crippen molar-refractivity contribution in [2.24, 2.45) is 0 Å². The average molecular weight is 286 g/mol. The fourth-order valence-electron chi connectivity index (χ4n) is 3.33. The summed E-state index contributed by atoms with van der Waals surface area (Å²) >= 11 is 0. The molecular formula is C18H26N2O. The molecule has 0 radical (unpaired) electrons. The summed E-state index contributed by atoms with van der Waals surface area (Å²) in [5.41, 5.74) is 0.781. The number of benzene rings is 1. The molecule has 1 aliphatic heterocycles. The lowest BCUT2D eigenvalue weighted by molar-refractivity contribution is -0.143. The average Bonchev–Trinajstić information content (AvgIpc) is 3.24. The van der Waals surface area contributed by atoms with Gasteiger partial charge in [0.15, 0.2) is 0 Å². The second-order valence-corrected chi connectivity index (χ2v) is 7.89. The van der Waals surface area contributed by atoms with Crippen molar-refractivity contribution in [3.05, 3.63) is 35.9 Å². The quantitative estimate of drug-likeness (QED) is 0.906. The number of nitrogens with one attached hydrogen (secondary N) is 1. The van der Waals surface area contributed by atoms with E-state index in [1.807, 2.05) is 18.2 Å². The number of nitrogens with zero attached hydrogens (tertiary/aromatic N) is 1. The van der Waals surface area contributed by atoms with Gasteiger partial charge in [0.2, 0.25) is 5.91 Å². The van der Waals surface area contributed by atoms with Crippen molar-refractivity contribution < 1.29 is 4.79 Å². The number of hydrogen-bond donors (Lipinski definition) is 1. The van der Waals surface area contributed by atoms with E-state index in [1.54, 1.807) is 0 Å². The number of piperazine rings is 1. The molecule has 1 aromatic rings. The van der Waals surface area contributed by atoms with Crippen molar-refractivity contribution in [1.82, 2.24) is 10.2 Å². The number of carbonyl (C=O) groups is 1. The molecular weight excluding hydrogens is 260 g/mol. The molecule has 2 aliphatic rings. The first-order valence-electron chi connectivity index (χ1n) is 7.90. The molecule has 2 fully saturated rings. The van der Waals surface area contributed by atoms with E-state index in [0.717, 1.165) is 25.9 Å². The van der Waals surface area contributed by atoms with Gasteiger partial charge in [-0.15, -0.1) is 0 Å². The first-order chi connectivity index (χ1) is 9.77. The van der Waals surface area contributed by atoms with Gasteiger partial charge in [-0.1, -0.05) is 30.3 Å². The highest BCUT2D eigenvalue weighted by atomic mass is 16.2. The second-order valence-electron chi connectivity index (χ2n) is 7.89. The van der Waals surface area contributed by atoms with Crippen LogP contribution in [0, 0.1) is 0 Å². The van der Waals surface area contributed by atoms with Gasteiger partial charge in [-0.3, -0.25) is 4.79 Å². The van der Waals surface area contributed by atoms with Gasteiger partial charge in [-0.2, -0.15) is 0 Å². The van der Waals surface area contributed by atoms with E-state index in [9.17, 15) is 4.79 Å². The topological polar surface area (TPSA) is 32.3 Å². The van der Waals surface area contributed by atoms with Crippen molar-refractivity contribution in [2.75, 3.05) is 13.1 Å². The van der Waals surface area contributed by atoms with E-state index in [2.05, 4.69) is 50.0 Å². The van der Waals surface area contributed by atoms with Gasteiger partial charge in [0.25, 0.3) is 0 Å². The molecule has 1 N–H and O–H groups in total. The first-order valence-corrected chi connectivity index (χ1v) is 7.90. The molecule has 114 valence electrons. The Morgan fingerprint density at radius 3 is 2.29 bits per heavy atom. The zero-order valence-corrected chi connectivity index (χ0v) is 13.6. The summed E-state index contributed by atoms with van der Waals surface area (Å²) in [6.07, 6.45) is 1.96. The molecule has 0 unspecified atom stereocenters. The lowest BCUT2D eigenvalue weighted by atomic mass is 9.87. The Hall–Kier alpha value is -1.35.